The lowest BCUT2D eigenvalue weighted by Crippen LogP contribution is -2.40. The Bertz CT molecular complexity index is 1950. The maximum Gasteiger partial charge on any atom is 0.224 e. The molecule has 1 fully saturated rings. The van der Waals surface area contributed by atoms with Gasteiger partial charge in [-0.25, -0.2) is 13.3 Å². The van der Waals surface area contributed by atoms with E-state index in [0.717, 1.165) is 52.0 Å². The van der Waals surface area contributed by atoms with Crippen molar-refractivity contribution < 1.29 is 18.0 Å². The number of likely N-dealkylation sites (tertiary alicyclic amines) is 1. The molecule has 0 N–H and O–H groups in total. The molecule has 5 rings (SSSR count). The second-order valence-corrected chi connectivity index (χ2v) is 18.1. The molecule has 3 heterocycles. The highest BCUT2D eigenvalue weighted by atomic mass is 32.2. The van der Waals surface area contributed by atoms with Gasteiger partial charge in [0, 0.05) is 60.3 Å². The number of piperidine rings is 1. The van der Waals surface area contributed by atoms with Gasteiger partial charge in [0.05, 0.1) is 29.3 Å². The number of rotatable bonds is 10. The minimum Gasteiger partial charge on any atom is -0.337 e. The number of hydrogen-bond acceptors (Lipinski definition) is 7. The van der Waals surface area contributed by atoms with Crippen molar-refractivity contribution in [3.63, 3.8) is 0 Å². The van der Waals surface area contributed by atoms with Crippen LogP contribution in [0.5, 0.6) is 0 Å². The van der Waals surface area contributed by atoms with Crippen molar-refractivity contribution in [3.8, 4) is 11.8 Å². The van der Waals surface area contributed by atoms with Gasteiger partial charge in [0.25, 0.3) is 0 Å². The monoisotopic (exact) mass is 698 g/mol. The highest BCUT2D eigenvalue weighted by molar-refractivity contribution is 7.96. The van der Waals surface area contributed by atoms with E-state index in [-0.39, 0.29) is 35.5 Å². The number of thiophene rings is 1. The van der Waals surface area contributed by atoms with Crippen LogP contribution in [-0.2, 0) is 34.0 Å². The van der Waals surface area contributed by atoms with Crippen LogP contribution in [0.25, 0.3) is 15.6 Å². The van der Waals surface area contributed by atoms with Gasteiger partial charge < -0.3 is 9.80 Å². The zero-order chi connectivity index (χ0) is 35.3. The summed E-state index contributed by atoms with van der Waals surface area (Å²) in [6.07, 6.45) is 3.26. The van der Waals surface area contributed by atoms with Gasteiger partial charge in [-0.15, -0.1) is 0 Å². The van der Waals surface area contributed by atoms with Crippen LogP contribution in [0, 0.1) is 24.3 Å². The number of nitrogens with zero attached hydrogens (tertiary/aromatic N) is 4. The number of hydrogen-bond donors (Lipinski definition) is 0. The summed E-state index contributed by atoms with van der Waals surface area (Å²) in [7, 11) is -1.58. The topological polar surface area (TPSA) is 82.4 Å². The summed E-state index contributed by atoms with van der Waals surface area (Å²) in [5, 5.41) is 1.94. The summed E-state index contributed by atoms with van der Waals surface area (Å²) in [4.78, 5) is 38.7. The molecule has 8 nitrogen and oxygen atoms in total. The van der Waals surface area contributed by atoms with E-state index in [1.165, 1.54) is 11.3 Å². The number of amides is 1. The molecule has 0 radical (unpaired) electrons. The molecule has 10 heteroatoms. The van der Waals surface area contributed by atoms with Gasteiger partial charge in [-0.2, -0.15) is 11.3 Å². The van der Waals surface area contributed by atoms with Crippen molar-refractivity contribution in [1.29, 1.82) is 0 Å². The maximum absolute atomic E-state index is 13.4. The Morgan fingerprint density at radius 2 is 1.90 bits per heavy atom. The number of Topliss-reactive ketones (excluding diaryl/α,β-unsaturated/α-hetero) is 1. The Morgan fingerprint density at radius 3 is 2.65 bits per heavy atom. The zero-order valence-corrected chi connectivity index (χ0v) is 30.7. The Labute approximate surface area is 295 Å². The smallest absolute Gasteiger partial charge is 0.224 e. The van der Waals surface area contributed by atoms with Crippen molar-refractivity contribution >= 4 is 49.3 Å². The third-order valence-corrected chi connectivity index (χ3v) is 13.1. The SMILES string of the molecule is [C-]#[N+]c1c(CC(=O)c2cccc3ccccc23)sc2c1CCN(C(=O)CCN1CCCC(C#CCN(C)CC(=C)S(=O)(=O)C(C)(C)C)C1)C2. The molecule has 2 aromatic carbocycles. The molecule has 0 spiro atoms. The number of ketones is 1. The van der Waals surface area contributed by atoms with E-state index in [0.29, 0.717) is 50.3 Å². The van der Waals surface area contributed by atoms with Gasteiger partial charge in [0.15, 0.2) is 15.6 Å². The largest absolute Gasteiger partial charge is 0.337 e. The van der Waals surface area contributed by atoms with Gasteiger partial charge in [-0.3, -0.25) is 14.5 Å². The van der Waals surface area contributed by atoms with Crippen LogP contribution in [0.1, 0.15) is 65.7 Å². The quantitative estimate of drug-likeness (QED) is 0.136. The van der Waals surface area contributed by atoms with E-state index in [1.807, 2.05) is 59.3 Å². The molecule has 1 atom stereocenters. The molecule has 2 aliphatic heterocycles. The fourth-order valence-corrected chi connectivity index (χ4v) is 9.17. The van der Waals surface area contributed by atoms with E-state index in [4.69, 9.17) is 6.57 Å². The highest BCUT2D eigenvalue weighted by Crippen LogP contribution is 2.40. The zero-order valence-electron chi connectivity index (χ0n) is 29.0. The Kier molecular flexibility index (Phi) is 11.5. The molecule has 1 saturated heterocycles. The van der Waals surface area contributed by atoms with Crippen LogP contribution in [0.2, 0.25) is 0 Å². The first-order valence-corrected chi connectivity index (χ1v) is 19.2. The number of carbonyl (C=O) groups is 2. The van der Waals surface area contributed by atoms with Crippen molar-refractivity contribution in [2.24, 2.45) is 5.92 Å². The Balaban J connectivity index is 1.12. The number of fused-ring (bicyclic) bond motifs is 2. The Hall–Kier alpha value is -3.80. The fourth-order valence-electron chi connectivity index (χ4n) is 6.60. The van der Waals surface area contributed by atoms with Crippen LogP contribution in [-0.4, -0.2) is 85.9 Å². The van der Waals surface area contributed by atoms with Gasteiger partial charge in [0.1, 0.15) is 0 Å². The fraction of sp³-hybridized carbons (Fsp3) is 0.462. The number of sulfone groups is 1. The first-order chi connectivity index (χ1) is 23.3. The summed E-state index contributed by atoms with van der Waals surface area (Å²) in [6.45, 7) is 20.9. The first-order valence-electron chi connectivity index (χ1n) is 16.9. The predicted molar refractivity (Wildman–Crippen MR) is 199 cm³/mol. The van der Waals surface area contributed by atoms with Gasteiger partial charge in [0.2, 0.25) is 11.6 Å². The van der Waals surface area contributed by atoms with Crippen molar-refractivity contribution in [2.45, 2.75) is 64.2 Å². The number of carbonyl (C=O) groups excluding carboxylic acids is 2. The Morgan fingerprint density at radius 1 is 1.14 bits per heavy atom. The minimum absolute atomic E-state index is 0.00206. The van der Waals surface area contributed by atoms with Crippen LogP contribution in [0.3, 0.4) is 0 Å². The highest BCUT2D eigenvalue weighted by Gasteiger charge is 2.32. The molecule has 0 saturated carbocycles. The molecule has 1 amide bonds. The van der Waals surface area contributed by atoms with Crippen LogP contribution in [0.15, 0.2) is 53.9 Å². The van der Waals surface area contributed by atoms with E-state index in [1.54, 1.807) is 20.8 Å². The third kappa shape index (κ3) is 8.51. The standard InChI is InChI=1S/C39H46N4O4S2/c1-28(49(46,47)39(2,3)4)25-41(6)20-10-12-29-13-11-21-42(26-29)22-19-37(45)43-23-18-33-36(27-43)48-35(38(33)40-5)24-34(44)32-17-9-15-30-14-7-8-16-31(30)32/h7-9,14-17,29H,1,11,13,18-27H2,2-4,6H3. The lowest BCUT2D eigenvalue weighted by molar-refractivity contribution is -0.132. The molecule has 0 aliphatic carbocycles. The van der Waals surface area contributed by atoms with Crippen molar-refractivity contribution in [1.82, 2.24) is 14.7 Å². The molecule has 49 heavy (non-hydrogen) atoms. The van der Waals surface area contributed by atoms with E-state index in [9.17, 15) is 18.0 Å². The summed E-state index contributed by atoms with van der Waals surface area (Å²) in [5.74, 6) is 6.93. The van der Waals surface area contributed by atoms with E-state index >= 15 is 0 Å². The predicted octanol–water partition coefficient (Wildman–Crippen LogP) is 6.53. The third-order valence-electron chi connectivity index (χ3n) is 9.41. The summed E-state index contributed by atoms with van der Waals surface area (Å²) >= 11 is 1.51. The minimum atomic E-state index is -3.43. The molecule has 3 aromatic rings. The van der Waals surface area contributed by atoms with Crippen molar-refractivity contribution in [3.05, 3.63) is 86.2 Å². The average molecular weight is 699 g/mol. The van der Waals surface area contributed by atoms with Crippen LogP contribution >= 0.6 is 11.3 Å². The average Bonchev–Trinajstić information content (AvgIpc) is 3.42. The molecule has 258 valence electrons. The number of benzene rings is 2. The molecule has 0 bridgehead atoms. The van der Waals surface area contributed by atoms with E-state index in [2.05, 4.69) is 28.2 Å². The molecule has 1 unspecified atom stereocenters. The van der Waals surface area contributed by atoms with Gasteiger partial charge in [-0.1, -0.05) is 60.9 Å². The van der Waals surface area contributed by atoms with Gasteiger partial charge in [-0.05, 0) is 70.0 Å². The van der Waals surface area contributed by atoms with Gasteiger partial charge >= 0.3 is 0 Å². The first kappa shape index (κ1) is 36.5. The summed E-state index contributed by atoms with van der Waals surface area (Å²) in [6, 6.07) is 13.6. The lowest BCUT2D eigenvalue weighted by Gasteiger charge is -2.32. The molecule has 2 aliphatic rings. The lowest BCUT2D eigenvalue weighted by atomic mass is 9.98. The summed E-state index contributed by atoms with van der Waals surface area (Å²) in [5.41, 5.74) is 2.26. The molecular weight excluding hydrogens is 653 g/mol. The number of likely N-dealkylation sites (N-methyl/N-ethyl adjacent to an activating group) is 1. The normalized spacial score (nSPS) is 16.9. The van der Waals surface area contributed by atoms with E-state index < -0.39 is 14.6 Å². The molecule has 1 aromatic heterocycles. The summed E-state index contributed by atoms with van der Waals surface area (Å²) < 4.78 is 24.4. The second-order valence-electron chi connectivity index (χ2n) is 14.1. The second kappa shape index (κ2) is 15.4. The van der Waals surface area contributed by atoms with Crippen molar-refractivity contribution in [2.75, 3.05) is 46.3 Å². The molecular formula is C39H46N4O4S2. The van der Waals surface area contributed by atoms with Crippen LogP contribution < -0.4 is 0 Å². The van der Waals surface area contributed by atoms with Crippen LogP contribution in [0.4, 0.5) is 5.69 Å². The maximum atomic E-state index is 13.4.